The average Bonchev–Trinajstić information content (AvgIpc) is 2.89. The molecule has 2 aromatic carbocycles. The number of carbonyl (C=O) groups excluding carboxylic acids is 2. The second-order valence-corrected chi connectivity index (χ2v) is 9.78. The third kappa shape index (κ3) is 4.53. The highest BCUT2D eigenvalue weighted by molar-refractivity contribution is 7.89. The van der Waals surface area contributed by atoms with Gasteiger partial charge in [0.05, 0.1) is 21.8 Å². The second kappa shape index (κ2) is 8.34. The quantitative estimate of drug-likeness (QED) is 0.656. The number of carbonyl (C=O) groups is 2. The molecule has 33 heavy (non-hydrogen) atoms. The van der Waals surface area contributed by atoms with E-state index in [0.717, 1.165) is 12.1 Å². The Morgan fingerprint density at radius 2 is 1.55 bits per heavy atom. The van der Waals surface area contributed by atoms with E-state index < -0.39 is 39.5 Å². The van der Waals surface area contributed by atoms with Gasteiger partial charge in [-0.15, -0.1) is 0 Å². The lowest BCUT2D eigenvalue weighted by Crippen LogP contribution is -2.48. The van der Waals surface area contributed by atoms with Crippen LogP contribution < -0.4 is 15.5 Å². The number of benzene rings is 2. The molecule has 0 unspecified atom stereocenters. The van der Waals surface area contributed by atoms with Gasteiger partial charge in [-0.25, -0.2) is 8.42 Å². The number of halogens is 3. The molecule has 0 radical (unpaired) electrons. The van der Waals surface area contributed by atoms with Crippen LogP contribution in [-0.2, 0) is 25.8 Å². The molecule has 2 aliphatic heterocycles. The number of rotatable bonds is 3. The van der Waals surface area contributed by atoms with Crippen molar-refractivity contribution >= 4 is 38.9 Å². The Morgan fingerprint density at radius 3 is 2.18 bits per heavy atom. The van der Waals surface area contributed by atoms with Crippen LogP contribution in [0.15, 0.2) is 47.4 Å². The molecular formula is C21H21F3N4O4S. The summed E-state index contributed by atoms with van der Waals surface area (Å²) in [7, 11) is -3.93. The van der Waals surface area contributed by atoms with E-state index in [1.165, 1.54) is 35.5 Å². The number of hydrogen-bond acceptors (Lipinski definition) is 5. The molecule has 12 heteroatoms. The van der Waals surface area contributed by atoms with E-state index in [1.807, 2.05) is 0 Å². The first-order valence-corrected chi connectivity index (χ1v) is 11.6. The minimum Gasteiger partial charge on any atom is -0.369 e. The van der Waals surface area contributed by atoms with Gasteiger partial charge in [-0.1, -0.05) is 6.07 Å². The summed E-state index contributed by atoms with van der Waals surface area (Å²) in [5.41, 5.74) is 0.0929. The number of nitrogens with zero attached hydrogens (tertiary/aromatic N) is 2. The van der Waals surface area contributed by atoms with Gasteiger partial charge in [-0.2, -0.15) is 17.5 Å². The zero-order valence-electron chi connectivity index (χ0n) is 17.5. The van der Waals surface area contributed by atoms with Gasteiger partial charge in [0.15, 0.2) is 0 Å². The largest absolute Gasteiger partial charge is 0.416 e. The summed E-state index contributed by atoms with van der Waals surface area (Å²) in [6.07, 6.45) is -4.46. The van der Waals surface area contributed by atoms with Gasteiger partial charge in [-0.05, 0) is 43.3 Å². The van der Waals surface area contributed by atoms with Crippen LogP contribution in [0.2, 0.25) is 0 Å². The Labute approximate surface area is 188 Å². The van der Waals surface area contributed by atoms with Gasteiger partial charge >= 0.3 is 6.18 Å². The van der Waals surface area contributed by atoms with Crippen LogP contribution in [0, 0.1) is 5.92 Å². The van der Waals surface area contributed by atoms with Crippen molar-refractivity contribution < 1.29 is 31.2 Å². The van der Waals surface area contributed by atoms with E-state index in [0.29, 0.717) is 11.4 Å². The lowest BCUT2D eigenvalue weighted by atomic mass is 10.1. The van der Waals surface area contributed by atoms with Gasteiger partial charge in [0.2, 0.25) is 21.8 Å². The summed E-state index contributed by atoms with van der Waals surface area (Å²) in [5, 5.41) is 5.14. The van der Waals surface area contributed by atoms with E-state index in [-0.39, 0.29) is 36.8 Å². The molecule has 0 saturated carbocycles. The fourth-order valence-corrected chi connectivity index (χ4v) is 5.16. The fourth-order valence-electron chi connectivity index (χ4n) is 3.71. The molecule has 0 aliphatic carbocycles. The average molecular weight is 482 g/mol. The van der Waals surface area contributed by atoms with E-state index in [9.17, 15) is 31.2 Å². The number of fused-ring (bicyclic) bond motifs is 1. The summed E-state index contributed by atoms with van der Waals surface area (Å²) in [6.45, 7) is 2.04. The number of amides is 2. The van der Waals surface area contributed by atoms with Gasteiger partial charge < -0.3 is 15.5 Å². The number of alkyl halides is 3. The first kappa shape index (κ1) is 23.1. The minimum atomic E-state index is -4.46. The molecule has 2 heterocycles. The normalized spacial score (nSPS) is 20.0. The first-order valence-electron chi connectivity index (χ1n) is 10.1. The zero-order chi connectivity index (χ0) is 24.0. The number of hydrogen-bond donors (Lipinski definition) is 2. The highest BCUT2D eigenvalue weighted by Gasteiger charge is 2.33. The van der Waals surface area contributed by atoms with Crippen molar-refractivity contribution in [2.24, 2.45) is 5.92 Å². The van der Waals surface area contributed by atoms with Crippen LogP contribution in [0.1, 0.15) is 12.5 Å². The number of nitrogens with one attached hydrogen (secondary N) is 2. The second-order valence-electron chi connectivity index (χ2n) is 7.85. The molecule has 4 rings (SSSR count). The van der Waals surface area contributed by atoms with Crippen molar-refractivity contribution in [1.29, 1.82) is 0 Å². The van der Waals surface area contributed by atoms with Crippen molar-refractivity contribution in [3.05, 3.63) is 48.0 Å². The van der Waals surface area contributed by atoms with Crippen molar-refractivity contribution in [2.75, 3.05) is 41.7 Å². The summed E-state index contributed by atoms with van der Waals surface area (Å²) in [4.78, 5) is 25.7. The maximum absolute atomic E-state index is 13.2. The number of sulfonamides is 1. The molecule has 2 amide bonds. The minimum absolute atomic E-state index is 0.0575. The third-order valence-corrected chi connectivity index (χ3v) is 7.60. The molecule has 0 bridgehead atoms. The Morgan fingerprint density at radius 1 is 0.909 bits per heavy atom. The van der Waals surface area contributed by atoms with Crippen LogP contribution in [0.4, 0.5) is 30.2 Å². The zero-order valence-corrected chi connectivity index (χ0v) is 18.3. The standard InChI is InChI=1S/C21H21F3N4O4S/c1-13-19(29)25-17-6-5-16(12-18(17)26-20(13)30)33(31,32)28-9-7-27(8-10-28)15-4-2-3-14(11-15)21(22,23)24/h2-6,11-13H,7-10H2,1H3,(H,25,29)(H,26,30)/t13-/m1/s1. The van der Waals surface area contributed by atoms with Gasteiger partial charge in [0.1, 0.15) is 5.92 Å². The summed E-state index contributed by atoms with van der Waals surface area (Å²) in [5.74, 6) is -1.97. The maximum atomic E-state index is 13.2. The molecule has 176 valence electrons. The molecule has 2 aromatic rings. The monoisotopic (exact) mass is 482 g/mol. The van der Waals surface area contributed by atoms with Crippen LogP contribution in [0.5, 0.6) is 0 Å². The van der Waals surface area contributed by atoms with E-state index in [2.05, 4.69) is 10.6 Å². The van der Waals surface area contributed by atoms with E-state index in [1.54, 1.807) is 11.0 Å². The molecule has 1 saturated heterocycles. The van der Waals surface area contributed by atoms with Crippen molar-refractivity contribution in [1.82, 2.24) is 4.31 Å². The summed E-state index contributed by atoms with van der Waals surface area (Å²) >= 11 is 0. The fraction of sp³-hybridized carbons (Fsp3) is 0.333. The predicted octanol–water partition coefficient (Wildman–Crippen LogP) is 2.74. The topological polar surface area (TPSA) is 98.8 Å². The molecule has 1 atom stereocenters. The molecule has 2 aliphatic rings. The highest BCUT2D eigenvalue weighted by Crippen LogP contribution is 2.33. The van der Waals surface area contributed by atoms with Gasteiger partial charge in [-0.3, -0.25) is 9.59 Å². The first-order chi connectivity index (χ1) is 15.5. The Balaban J connectivity index is 1.51. The lowest BCUT2D eigenvalue weighted by molar-refractivity contribution is -0.137. The van der Waals surface area contributed by atoms with Gasteiger partial charge in [0, 0.05) is 31.9 Å². The Hall–Kier alpha value is -3.12. The molecule has 1 fully saturated rings. The molecular weight excluding hydrogens is 461 g/mol. The summed E-state index contributed by atoms with van der Waals surface area (Å²) < 4.78 is 66.6. The molecule has 0 aromatic heterocycles. The van der Waals surface area contributed by atoms with Crippen molar-refractivity contribution in [3.8, 4) is 0 Å². The molecule has 0 spiro atoms. The smallest absolute Gasteiger partial charge is 0.369 e. The van der Waals surface area contributed by atoms with Crippen LogP contribution in [0.25, 0.3) is 0 Å². The Bertz CT molecular complexity index is 1210. The van der Waals surface area contributed by atoms with Crippen molar-refractivity contribution in [2.45, 2.75) is 18.0 Å². The molecule has 8 nitrogen and oxygen atoms in total. The van der Waals surface area contributed by atoms with E-state index in [4.69, 9.17) is 0 Å². The van der Waals surface area contributed by atoms with Crippen LogP contribution in [0.3, 0.4) is 0 Å². The highest BCUT2D eigenvalue weighted by atomic mass is 32.2. The van der Waals surface area contributed by atoms with Crippen LogP contribution >= 0.6 is 0 Å². The van der Waals surface area contributed by atoms with E-state index >= 15 is 0 Å². The third-order valence-electron chi connectivity index (χ3n) is 5.71. The maximum Gasteiger partial charge on any atom is 0.416 e. The lowest BCUT2D eigenvalue weighted by Gasteiger charge is -2.35. The Kier molecular flexibility index (Phi) is 5.83. The van der Waals surface area contributed by atoms with Gasteiger partial charge in [0.25, 0.3) is 0 Å². The van der Waals surface area contributed by atoms with Crippen LogP contribution in [-0.4, -0.2) is 50.7 Å². The predicted molar refractivity (Wildman–Crippen MR) is 115 cm³/mol. The summed E-state index contributed by atoms with van der Waals surface area (Å²) in [6, 6.07) is 8.97. The molecule has 2 N–H and O–H groups in total. The number of piperazine rings is 1. The van der Waals surface area contributed by atoms with Crippen molar-refractivity contribution in [3.63, 3.8) is 0 Å². The SMILES string of the molecule is C[C@@H]1C(=O)Nc2ccc(S(=O)(=O)N3CCN(c4cccc(C(F)(F)F)c4)CC3)cc2NC1=O. The number of anilines is 3.